The van der Waals surface area contributed by atoms with E-state index in [2.05, 4.69) is 10.0 Å². The minimum absolute atomic E-state index is 0.0535. The predicted molar refractivity (Wildman–Crippen MR) is 108 cm³/mol. The van der Waals surface area contributed by atoms with Crippen molar-refractivity contribution in [3.05, 3.63) is 89.7 Å². The molecule has 6 nitrogen and oxygen atoms in total. The van der Waals surface area contributed by atoms with Crippen molar-refractivity contribution in [2.45, 2.75) is 11.4 Å². The minimum Gasteiger partial charge on any atom is -0.495 e. The summed E-state index contributed by atoms with van der Waals surface area (Å²) in [6, 6.07) is 18.3. The van der Waals surface area contributed by atoms with Crippen LogP contribution in [0.4, 0.5) is 10.1 Å². The van der Waals surface area contributed by atoms with Crippen LogP contribution in [0.3, 0.4) is 0 Å². The molecule has 0 aliphatic carbocycles. The molecule has 0 aliphatic rings. The highest BCUT2D eigenvalue weighted by Crippen LogP contribution is 2.22. The lowest BCUT2D eigenvalue weighted by Gasteiger charge is -2.11. The molecular formula is C21H19FN2O4S. The molecule has 0 bridgehead atoms. The number of benzene rings is 3. The minimum atomic E-state index is -3.76. The summed E-state index contributed by atoms with van der Waals surface area (Å²) in [5.41, 5.74) is 1.55. The molecule has 0 fully saturated rings. The third kappa shape index (κ3) is 5.18. The summed E-state index contributed by atoms with van der Waals surface area (Å²) in [6.07, 6.45) is 0. The molecule has 0 aliphatic heterocycles. The van der Waals surface area contributed by atoms with E-state index in [0.29, 0.717) is 16.8 Å². The fourth-order valence-electron chi connectivity index (χ4n) is 2.61. The van der Waals surface area contributed by atoms with Crippen molar-refractivity contribution >= 4 is 21.6 Å². The molecule has 3 aromatic rings. The number of methoxy groups -OCH3 is 1. The predicted octanol–water partition coefficient (Wildman–Crippen LogP) is 3.57. The third-order valence-corrected chi connectivity index (χ3v) is 5.58. The van der Waals surface area contributed by atoms with Crippen LogP contribution in [0.1, 0.15) is 15.9 Å². The molecule has 150 valence electrons. The second kappa shape index (κ2) is 8.85. The van der Waals surface area contributed by atoms with Gasteiger partial charge in [0.05, 0.1) is 7.11 Å². The molecule has 0 saturated carbocycles. The van der Waals surface area contributed by atoms with Gasteiger partial charge in [0.25, 0.3) is 5.91 Å². The maximum Gasteiger partial charge on any atom is 0.255 e. The summed E-state index contributed by atoms with van der Waals surface area (Å²) < 4.78 is 45.6. The number of carbonyl (C=O) groups excluding carboxylic acids is 1. The summed E-state index contributed by atoms with van der Waals surface area (Å²) >= 11 is 0. The Morgan fingerprint density at radius 2 is 1.62 bits per heavy atom. The number of nitrogens with one attached hydrogen (secondary N) is 2. The van der Waals surface area contributed by atoms with Gasteiger partial charge in [-0.3, -0.25) is 4.79 Å². The molecule has 29 heavy (non-hydrogen) atoms. The standard InChI is InChI=1S/C21H19FN2O4S/c1-28-19-4-2-3-5-20(19)29(26,27)23-14-15-6-8-16(9-7-15)21(25)24-18-12-10-17(22)11-13-18/h2-13,23H,14H2,1H3,(H,24,25). The first kappa shape index (κ1) is 20.5. The quantitative estimate of drug-likeness (QED) is 0.619. The van der Waals surface area contributed by atoms with Gasteiger partial charge in [0, 0.05) is 17.8 Å². The van der Waals surface area contributed by atoms with Gasteiger partial charge in [0.1, 0.15) is 16.5 Å². The summed E-state index contributed by atoms with van der Waals surface area (Å²) in [7, 11) is -2.35. The van der Waals surface area contributed by atoms with Gasteiger partial charge < -0.3 is 10.1 Å². The van der Waals surface area contributed by atoms with Crippen LogP contribution in [-0.4, -0.2) is 21.4 Å². The molecule has 0 heterocycles. The molecule has 0 unspecified atom stereocenters. The Morgan fingerprint density at radius 3 is 2.28 bits per heavy atom. The molecule has 8 heteroatoms. The Balaban J connectivity index is 1.64. The zero-order valence-electron chi connectivity index (χ0n) is 15.6. The number of sulfonamides is 1. The highest BCUT2D eigenvalue weighted by molar-refractivity contribution is 7.89. The molecule has 3 rings (SSSR count). The Morgan fingerprint density at radius 1 is 0.966 bits per heavy atom. The number of rotatable bonds is 7. The van der Waals surface area contributed by atoms with Crippen molar-refractivity contribution in [1.82, 2.24) is 4.72 Å². The van der Waals surface area contributed by atoms with Gasteiger partial charge in [-0.2, -0.15) is 0 Å². The van der Waals surface area contributed by atoms with E-state index in [1.807, 2.05) is 0 Å². The second-order valence-electron chi connectivity index (χ2n) is 6.13. The van der Waals surface area contributed by atoms with E-state index in [9.17, 15) is 17.6 Å². The largest absolute Gasteiger partial charge is 0.495 e. The van der Waals surface area contributed by atoms with Crippen LogP contribution >= 0.6 is 0 Å². The summed E-state index contributed by atoms with van der Waals surface area (Å²) in [5, 5.41) is 2.66. The van der Waals surface area contributed by atoms with E-state index in [1.165, 1.54) is 37.4 Å². The number of carbonyl (C=O) groups is 1. The first-order chi connectivity index (χ1) is 13.9. The zero-order valence-corrected chi connectivity index (χ0v) is 16.4. The molecule has 0 aromatic heterocycles. The molecule has 0 atom stereocenters. The Bertz CT molecular complexity index is 1100. The Hall–Kier alpha value is -3.23. The van der Waals surface area contributed by atoms with Crippen LogP contribution in [0, 0.1) is 5.82 Å². The van der Waals surface area contributed by atoms with Gasteiger partial charge in [-0.1, -0.05) is 24.3 Å². The normalized spacial score (nSPS) is 11.1. The van der Waals surface area contributed by atoms with Gasteiger partial charge in [0.15, 0.2) is 0 Å². The average molecular weight is 414 g/mol. The molecule has 1 amide bonds. The monoisotopic (exact) mass is 414 g/mol. The topological polar surface area (TPSA) is 84.5 Å². The number of anilines is 1. The van der Waals surface area contributed by atoms with Crippen molar-refractivity contribution in [2.24, 2.45) is 0 Å². The average Bonchev–Trinajstić information content (AvgIpc) is 2.74. The molecule has 0 saturated heterocycles. The second-order valence-corrected chi connectivity index (χ2v) is 7.87. The zero-order chi connectivity index (χ0) is 20.9. The van der Waals surface area contributed by atoms with Gasteiger partial charge in [0.2, 0.25) is 10.0 Å². The Labute approximate surface area is 168 Å². The van der Waals surface area contributed by atoms with Crippen molar-refractivity contribution in [3.8, 4) is 5.75 Å². The van der Waals surface area contributed by atoms with Gasteiger partial charge >= 0.3 is 0 Å². The van der Waals surface area contributed by atoms with Gasteiger partial charge in [-0.05, 0) is 54.1 Å². The lowest BCUT2D eigenvalue weighted by Crippen LogP contribution is -2.23. The highest BCUT2D eigenvalue weighted by atomic mass is 32.2. The SMILES string of the molecule is COc1ccccc1S(=O)(=O)NCc1ccc(C(=O)Nc2ccc(F)cc2)cc1. The van der Waals surface area contributed by atoms with Crippen LogP contribution in [-0.2, 0) is 16.6 Å². The van der Waals surface area contributed by atoms with Gasteiger partial charge in [-0.15, -0.1) is 0 Å². The molecular weight excluding hydrogens is 395 g/mol. The summed E-state index contributed by atoms with van der Waals surface area (Å²) in [4.78, 5) is 12.3. The van der Waals surface area contributed by atoms with Crippen molar-refractivity contribution in [3.63, 3.8) is 0 Å². The number of halogens is 1. The first-order valence-electron chi connectivity index (χ1n) is 8.67. The maximum atomic E-state index is 12.9. The van der Waals surface area contributed by atoms with E-state index in [1.54, 1.807) is 42.5 Å². The summed E-state index contributed by atoms with van der Waals surface area (Å²) in [6.45, 7) is 0.0558. The van der Waals surface area contributed by atoms with E-state index in [4.69, 9.17) is 4.74 Å². The molecule has 2 N–H and O–H groups in total. The van der Waals surface area contributed by atoms with Crippen molar-refractivity contribution < 1.29 is 22.3 Å². The highest BCUT2D eigenvalue weighted by Gasteiger charge is 2.18. The van der Waals surface area contributed by atoms with Crippen LogP contribution < -0.4 is 14.8 Å². The van der Waals surface area contributed by atoms with E-state index >= 15 is 0 Å². The van der Waals surface area contributed by atoms with Crippen LogP contribution in [0.2, 0.25) is 0 Å². The van der Waals surface area contributed by atoms with Crippen molar-refractivity contribution in [1.29, 1.82) is 0 Å². The number of ether oxygens (including phenoxy) is 1. The lowest BCUT2D eigenvalue weighted by atomic mass is 10.1. The number of hydrogen-bond donors (Lipinski definition) is 2. The first-order valence-corrected chi connectivity index (χ1v) is 10.2. The van der Waals surface area contributed by atoms with Crippen LogP contribution in [0.15, 0.2) is 77.7 Å². The number of para-hydroxylation sites is 1. The van der Waals surface area contributed by atoms with E-state index in [0.717, 1.165) is 0 Å². The molecule has 0 spiro atoms. The summed E-state index contributed by atoms with van der Waals surface area (Å²) in [5.74, 6) is -0.478. The molecule has 3 aromatic carbocycles. The lowest BCUT2D eigenvalue weighted by molar-refractivity contribution is 0.102. The number of amides is 1. The fraction of sp³-hybridized carbons (Fsp3) is 0.0952. The Kier molecular flexibility index (Phi) is 6.26. The number of hydrogen-bond acceptors (Lipinski definition) is 4. The van der Waals surface area contributed by atoms with Crippen LogP contribution in [0.25, 0.3) is 0 Å². The van der Waals surface area contributed by atoms with Gasteiger partial charge in [-0.25, -0.2) is 17.5 Å². The van der Waals surface area contributed by atoms with Crippen molar-refractivity contribution in [2.75, 3.05) is 12.4 Å². The maximum absolute atomic E-state index is 12.9. The van der Waals surface area contributed by atoms with Crippen LogP contribution in [0.5, 0.6) is 5.75 Å². The van der Waals surface area contributed by atoms with E-state index in [-0.39, 0.29) is 28.9 Å². The fourth-order valence-corrected chi connectivity index (χ4v) is 3.79. The van der Waals surface area contributed by atoms with E-state index < -0.39 is 10.0 Å². The smallest absolute Gasteiger partial charge is 0.255 e. The molecule has 0 radical (unpaired) electrons. The third-order valence-electron chi connectivity index (χ3n) is 4.14.